The molecule has 2 aliphatic heterocycles. The molecule has 1 aromatic carbocycles. The molecule has 306 valence electrons. The van der Waals surface area contributed by atoms with Crippen molar-refractivity contribution in [1.29, 1.82) is 0 Å². The van der Waals surface area contributed by atoms with Crippen LogP contribution in [-0.4, -0.2) is 109 Å². The summed E-state index contributed by atoms with van der Waals surface area (Å²) in [4.78, 5) is 64.1. The highest BCUT2D eigenvalue weighted by molar-refractivity contribution is 7.09. The lowest BCUT2D eigenvalue weighted by atomic mass is 9.88. The summed E-state index contributed by atoms with van der Waals surface area (Å²) in [5, 5.41) is 12.4. The molecule has 3 N–H and O–H groups in total. The number of aromatic nitrogens is 1. The van der Waals surface area contributed by atoms with Crippen molar-refractivity contribution >= 4 is 35.0 Å². The Morgan fingerprint density at radius 3 is 2.36 bits per heavy atom. The van der Waals surface area contributed by atoms with Crippen LogP contribution in [0.3, 0.4) is 0 Å². The molecule has 2 aromatic rings. The SMILES string of the molecule is CC[C@H](C)[C@@H]([C@@H](CC(=O)N1CCC[C@H]1C(OC)[C@@H](C)C(=O)N[C@@H](Cc1ccccc1)c1nccs1)OC)N(C)C(=O)[C@@H](NC(=O)[C@]1(C)CCCCN1)C(C)C. The molecule has 55 heavy (non-hydrogen) atoms. The number of carbonyl (C=O) groups is 4. The van der Waals surface area contributed by atoms with E-state index in [-0.39, 0.29) is 54.0 Å². The van der Waals surface area contributed by atoms with Gasteiger partial charge in [0.05, 0.1) is 48.2 Å². The number of likely N-dealkylation sites (tertiary alicyclic amines) is 1. The van der Waals surface area contributed by atoms with Gasteiger partial charge in [-0.2, -0.15) is 0 Å². The third kappa shape index (κ3) is 11.1. The van der Waals surface area contributed by atoms with Crippen LogP contribution in [0.5, 0.6) is 0 Å². The van der Waals surface area contributed by atoms with Gasteiger partial charge in [-0.05, 0) is 69.4 Å². The van der Waals surface area contributed by atoms with Crippen molar-refractivity contribution in [1.82, 2.24) is 30.7 Å². The lowest BCUT2D eigenvalue weighted by Crippen LogP contribution is -2.63. The number of carbonyl (C=O) groups excluding carboxylic acids is 4. The van der Waals surface area contributed by atoms with Crippen molar-refractivity contribution in [3.05, 3.63) is 52.5 Å². The van der Waals surface area contributed by atoms with Crippen LogP contribution in [0.15, 0.2) is 41.9 Å². The molecule has 9 atom stereocenters. The minimum Gasteiger partial charge on any atom is -0.379 e. The average molecular weight is 783 g/mol. The highest BCUT2D eigenvalue weighted by atomic mass is 32.1. The molecular formula is C42H66N6O6S. The fraction of sp³-hybridized carbons (Fsp3) is 0.690. The Balaban J connectivity index is 1.47. The number of piperidine rings is 1. The Kier molecular flexibility index (Phi) is 16.7. The van der Waals surface area contributed by atoms with Crippen molar-refractivity contribution in [3.8, 4) is 0 Å². The molecular weight excluding hydrogens is 717 g/mol. The molecule has 4 amide bonds. The van der Waals surface area contributed by atoms with E-state index in [0.717, 1.165) is 42.8 Å². The lowest BCUT2D eigenvalue weighted by Gasteiger charge is -2.41. The molecule has 2 aliphatic rings. The van der Waals surface area contributed by atoms with Crippen LogP contribution in [0, 0.1) is 17.8 Å². The maximum atomic E-state index is 14.3. The van der Waals surface area contributed by atoms with Crippen LogP contribution < -0.4 is 16.0 Å². The minimum absolute atomic E-state index is 0.000717. The molecule has 0 spiro atoms. The van der Waals surface area contributed by atoms with Crippen LogP contribution >= 0.6 is 11.3 Å². The summed E-state index contributed by atoms with van der Waals surface area (Å²) in [6, 6.07) is 8.25. The predicted octanol–water partition coefficient (Wildman–Crippen LogP) is 5.14. The first-order chi connectivity index (χ1) is 26.3. The van der Waals surface area contributed by atoms with Crippen LogP contribution in [0.1, 0.15) is 103 Å². The quantitative estimate of drug-likeness (QED) is 0.178. The van der Waals surface area contributed by atoms with Crippen LogP contribution in [0.25, 0.3) is 0 Å². The molecule has 13 heteroatoms. The zero-order valence-corrected chi connectivity index (χ0v) is 35.3. The largest absolute Gasteiger partial charge is 0.379 e. The molecule has 1 unspecified atom stereocenters. The van der Waals surface area contributed by atoms with Crippen molar-refractivity contribution in [2.24, 2.45) is 17.8 Å². The molecule has 12 nitrogen and oxygen atoms in total. The molecule has 2 fully saturated rings. The standard InChI is InChI=1S/C42H66N6O6S/c1-10-28(4)36(47(7)40(51)35(27(2)3)46-41(52)42(6)20-14-15-21-44-42)33(53-8)26-34(49)48-23-16-19-32(48)37(54-9)29(5)38(50)45-31(39-43-22-24-55-39)25-30-17-12-11-13-18-30/h11-13,17-18,22,24,27-29,31-33,35-37,44H,10,14-16,19-21,23,25-26H2,1-9H3,(H,45,50)(H,46,52)/t28-,29+,31-,32-,33+,35-,36-,37?,42-/m0/s1. The monoisotopic (exact) mass is 782 g/mol. The van der Waals surface area contributed by atoms with Gasteiger partial charge < -0.3 is 35.2 Å². The zero-order chi connectivity index (χ0) is 40.3. The van der Waals surface area contributed by atoms with Crippen LogP contribution in [0.4, 0.5) is 0 Å². The van der Waals surface area contributed by atoms with E-state index < -0.39 is 35.7 Å². The number of hydrogen-bond donors (Lipinski definition) is 3. The van der Waals surface area contributed by atoms with E-state index in [9.17, 15) is 19.2 Å². The van der Waals surface area contributed by atoms with Crippen LogP contribution in [-0.2, 0) is 35.1 Å². The van der Waals surface area contributed by atoms with E-state index in [1.165, 1.54) is 11.3 Å². The molecule has 0 saturated carbocycles. The summed E-state index contributed by atoms with van der Waals surface area (Å²) < 4.78 is 12.1. The van der Waals surface area contributed by atoms with Gasteiger partial charge in [-0.15, -0.1) is 11.3 Å². The zero-order valence-electron chi connectivity index (χ0n) is 34.5. The Bertz CT molecular complexity index is 1520. The van der Waals surface area contributed by atoms with E-state index in [1.807, 2.05) is 68.3 Å². The smallest absolute Gasteiger partial charge is 0.245 e. The molecule has 4 rings (SSSR count). The number of nitrogens with zero attached hydrogens (tertiary/aromatic N) is 3. The topological polar surface area (TPSA) is 142 Å². The third-order valence-corrected chi connectivity index (χ3v) is 12.8. The first kappa shape index (κ1) is 44.3. The van der Waals surface area contributed by atoms with Crippen molar-refractivity contribution in [2.75, 3.05) is 34.4 Å². The summed E-state index contributed by atoms with van der Waals surface area (Å²) in [5.74, 6) is -1.34. The number of hydrogen-bond acceptors (Lipinski definition) is 9. The number of ether oxygens (including phenoxy) is 2. The molecule has 1 aromatic heterocycles. The predicted molar refractivity (Wildman–Crippen MR) is 216 cm³/mol. The molecule has 0 aliphatic carbocycles. The fourth-order valence-corrected chi connectivity index (χ4v) is 9.04. The van der Waals surface area contributed by atoms with E-state index >= 15 is 0 Å². The molecule has 0 radical (unpaired) electrons. The van der Waals surface area contributed by atoms with Crippen molar-refractivity contribution in [2.45, 2.75) is 135 Å². The second-order valence-corrected chi connectivity index (χ2v) is 17.0. The maximum Gasteiger partial charge on any atom is 0.245 e. The van der Waals surface area contributed by atoms with E-state index in [0.29, 0.717) is 25.8 Å². The number of rotatable bonds is 19. The Hall–Kier alpha value is -3.39. The summed E-state index contributed by atoms with van der Waals surface area (Å²) in [6.45, 7) is 13.1. The van der Waals surface area contributed by atoms with Gasteiger partial charge in [0.2, 0.25) is 23.6 Å². The normalized spacial score (nSPS) is 22.6. The fourth-order valence-electron chi connectivity index (χ4n) is 8.35. The lowest BCUT2D eigenvalue weighted by molar-refractivity contribution is -0.148. The van der Waals surface area contributed by atoms with E-state index in [4.69, 9.17) is 9.47 Å². The van der Waals surface area contributed by atoms with Gasteiger partial charge in [0.25, 0.3) is 0 Å². The molecule has 2 saturated heterocycles. The van der Waals surface area contributed by atoms with Crippen molar-refractivity contribution < 1.29 is 28.7 Å². The molecule has 0 bridgehead atoms. The Morgan fingerprint density at radius 1 is 1.05 bits per heavy atom. The maximum absolute atomic E-state index is 14.3. The number of benzene rings is 1. The number of amides is 4. The van der Waals surface area contributed by atoms with Gasteiger partial charge in [0, 0.05) is 39.4 Å². The highest BCUT2D eigenvalue weighted by Gasteiger charge is 2.44. The number of nitrogens with one attached hydrogen (secondary N) is 3. The van der Waals surface area contributed by atoms with E-state index in [1.54, 1.807) is 32.4 Å². The van der Waals surface area contributed by atoms with Gasteiger partial charge in [-0.3, -0.25) is 19.2 Å². The Labute approximate surface area is 332 Å². The highest BCUT2D eigenvalue weighted by Crippen LogP contribution is 2.31. The summed E-state index contributed by atoms with van der Waals surface area (Å²) in [6.07, 6.45) is 6.21. The number of thiazole rings is 1. The number of likely N-dealkylation sites (N-methyl/N-ethyl adjacent to an activating group) is 1. The second kappa shape index (κ2) is 20.7. The minimum atomic E-state index is -0.737. The second-order valence-electron chi connectivity index (χ2n) is 16.1. The first-order valence-corrected chi connectivity index (χ1v) is 21.1. The Morgan fingerprint density at radius 2 is 1.78 bits per heavy atom. The van der Waals surface area contributed by atoms with E-state index in [2.05, 4.69) is 34.8 Å². The average Bonchev–Trinajstić information content (AvgIpc) is 3.90. The van der Waals surface area contributed by atoms with Gasteiger partial charge in [-0.1, -0.05) is 71.4 Å². The summed E-state index contributed by atoms with van der Waals surface area (Å²) in [7, 11) is 4.95. The van der Waals surface area contributed by atoms with Gasteiger partial charge in [0.1, 0.15) is 11.0 Å². The summed E-state index contributed by atoms with van der Waals surface area (Å²) in [5.41, 5.74) is 0.370. The van der Waals surface area contributed by atoms with Gasteiger partial charge in [-0.25, -0.2) is 4.98 Å². The molecule has 3 heterocycles. The third-order valence-electron chi connectivity index (χ3n) is 11.9. The van der Waals surface area contributed by atoms with Gasteiger partial charge in [0.15, 0.2) is 0 Å². The van der Waals surface area contributed by atoms with Crippen LogP contribution in [0.2, 0.25) is 0 Å². The first-order valence-electron chi connectivity index (χ1n) is 20.2. The number of methoxy groups -OCH3 is 2. The summed E-state index contributed by atoms with van der Waals surface area (Å²) >= 11 is 1.51. The van der Waals surface area contributed by atoms with Crippen molar-refractivity contribution in [3.63, 3.8) is 0 Å². The van der Waals surface area contributed by atoms with Gasteiger partial charge >= 0.3 is 0 Å².